The van der Waals surface area contributed by atoms with Gasteiger partial charge in [-0.05, 0) is 6.42 Å². The van der Waals surface area contributed by atoms with Gasteiger partial charge in [-0.2, -0.15) is 0 Å². The lowest BCUT2D eigenvalue weighted by atomic mass is 10.1. The van der Waals surface area contributed by atoms with Crippen LogP contribution in [0, 0.1) is 0 Å². The molecule has 2 fully saturated rings. The molecule has 5 heteroatoms. The van der Waals surface area contributed by atoms with E-state index in [1.807, 2.05) is 20.8 Å². The van der Waals surface area contributed by atoms with E-state index in [2.05, 4.69) is 0 Å². The summed E-state index contributed by atoms with van der Waals surface area (Å²) in [6, 6.07) is 0. The van der Waals surface area contributed by atoms with E-state index in [1.54, 1.807) is 0 Å². The predicted octanol–water partition coefficient (Wildman–Crippen LogP) is 1.27. The van der Waals surface area contributed by atoms with Crippen molar-refractivity contribution in [1.82, 2.24) is 0 Å². The fraction of sp³-hybridized carbons (Fsp3) is 0.923. The Bertz CT molecular complexity index is 256. The molecule has 0 amide bonds. The molecule has 0 aromatic rings. The van der Waals surface area contributed by atoms with Crippen LogP contribution in [0.3, 0.4) is 0 Å². The highest BCUT2D eigenvalue weighted by atomic mass is 16.6. The fourth-order valence-corrected chi connectivity index (χ4v) is 2.09. The lowest BCUT2D eigenvalue weighted by Crippen LogP contribution is -2.34. The van der Waals surface area contributed by atoms with Crippen molar-refractivity contribution in [2.24, 2.45) is 0 Å². The molecular formula is C13H24O5. The van der Waals surface area contributed by atoms with Crippen LogP contribution in [0.2, 0.25) is 0 Å². The molecule has 2 aliphatic heterocycles. The molecule has 2 saturated heterocycles. The molecule has 0 aromatic carbocycles. The number of aliphatic hydroxyl groups is 1. The molecule has 4 unspecified atom stereocenters. The number of carbonyl (C=O) groups is 1. The average Bonchev–Trinajstić information content (AvgIpc) is 2.94. The fourth-order valence-electron chi connectivity index (χ4n) is 2.09. The highest BCUT2D eigenvalue weighted by molar-refractivity contribution is 5.69. The SMILES string of the molecule is CC.CCCCC(=O)OC1COC2C(O)COC12. The zero-order chi connectivity index (χ0) is 13.5. The highest BCUT2D eigenvalue weighted by Crippen LogP contribution is 2.28. The van der Waals surface area contributed by atoms with Gasteiger partial charge in [0.2, 0.25) is 0 Å². The van der Waals surface area contributed by atoms with Gasteiger partial charge in [-0.1, -0.05) is 27.2 Å². The zero-order valence-electron chi connectivity index (χ0n) is 11.4. The minimum absolute atomic E-state index is 0.207. The molecule has 0 aliphatic carbocycles. The number of ether oxygens (including phenoxy) is 3. The lowest BCUT2D eigenvalue weighted by molar-refractivity contribution is -0.153. The van der Waals surface area contributed by atoms with Gasteiger partial charge in [0.05, 0.1) is 13.2 Å². The van der Waals surface area contributed by atoms with Crippen molar-refractivity contribution >= 4 is 5.97 Å². The maximum atomic E-state index is 11.4. The average molecular weight is 260 g/mol. The van der Waals surface area contributed by atoms with Crippen molar-refractivity contribution in [2.45, 2.75) is 64.4 Å². The van der Waals surface area contributed by atoms with E-state index in [9.17, 15) is 9.90 Å². The molecule has 0 radical (unpaired) electrons. The molecule has 2 heterocycles. The summed E-state index contributed by atoms with van der Waals surface area (Å²) in [5.74, 6) is -0.207. The summed E-state index contributed by atoms with van der Waals surface area (Å²) in [6.45, 7) is 6.61. The Hall–Kier alpha value is -0.650. The number of unbranched alkanes of at least 4 members (excludes halogenated alkanes) is 1. The molecule has 0 spiro atoms. The number of aliphatic hydroxyl groups excluding tert-OH is 1. The molecule has 0 saturated carbocycles. The van der Waals surface area contributed by atoms with E-state index >= 15 is 0 Å². The number of esters is 1. The van der Waals surface area contributed by atoms with E-state index in [0.717, 1.165) is 12.8 Å². The third kappa shape index (κ3) is 3.67. The maximum Gasteiger partial charge on any atom is 0.306 e. The number of carbonyl (C=O) groups excluding carboxylic acids is 1. The summed E-state index contributed by atoms with van der Waals surface area (Å²) >= 11 is 0. The molecule has 2 aliphatic rings. The molecule has 106 valence electrons. The first-order valence-electron chi connectivity index (χ1n) is 6.83. The Morgan fingerprint density at radius 1 is 1.28 bits per heavy atom. The largest absolute Gasteiger partial charge is 0.457 e. The van der Waals surface area contributed by atoms with Crippen molar-refractivity contribution in [3.8, 4) is 0 Å². The van der Waals surface area contributed by atoms with Crippen LogP contribution in [0.4, 0.5) is 0 Å². The van der Waals surface area contributed by atoms with Crippen LogP contribution in [0.5, 0.6) is 0 Å². The highest BCUT2D eigenvalue weighted by Gasteiger charge is 2.48. The van der Waals surface area contributed by atoms with Gasteiger partial charge in [0.1, 0.15) is 18.3 Å². The first kappa shape index (κ1) is 15.4. The monoisotopic (exact) mass is 260 g/mol. The van der Waals surface area contributed by atoms with Gasteiger partial charge in [0.15, 0.2) is 6.10 Å². The molecule has 0 aromatic heterocycles. The minimum atomic E-state index is -0.593. The van der Waals surface area contributed by atoms with Gasteiger partial charge in [-0.15, -0.1) is 0 Å². The normalized spacial score (nSPS) is 33.6. The quantitative estimate of drug-likeness (QED) is 0.771. The van der Waals surface area contributed by atoms with Crippen LogP contribution in [0.15, 0.2) is 0 Å². The third-order valence-electron chi connectivity index (χ3n) is 3.00. The lowest BCUT2D eigenvalue weighted by Gasteiger charge is -2.16. The zero-order valence-corrected chi connectivity index (χ0v) is 11.4. The van der Waals surface area contributed by atoms with Crippen LogP contribution >= 0.6 is 0 Å². The Morgan fingerprint density at radius 3 is 2.61 bits per heavy atom. The summed E-state index contributed by atoms with van der Waals surface area (Å²) in [7, 11) is 0. The van der Waals surface area contributed by atoms with Crippen LogP contribution in [-0.2, 0) is 19.0 Å². The Balaban J connectivity index is 0.000000771. The van der Waals surface area contributed by atoms with Gasteiger partial charge < -0.3 is 19.3 Å². The van der Waals surface area contributed by atoms with Gasteiger partial charge in [-0.25, -0.2) is 0 Å². The van der Waals surface area contributed by atoms with E-state index < -0.39 is 6.10 Å². The van der Waals surface area contributed by atoms with Crippen LogP contribution in [0.1, 0.15) is 40.0 Å². The van der Waals surface area contributed by atoms with Crippen molar-refractivity contribution < 1.29 is 24.1 Å². The van der Waals surface area contributed by atoms with Gasteiger partial charge in [-0.3, -0.25) is 4.79 Å². The van der Waals surface area contributed by atoms with Crippen molar-refractivity contribution in [3.63, 3.8) is 0 Å². The summed E-state index contributed by atoms with van der Waals surface area (Å²) in [5.41, 5.74) is 0. The summed E-state index contributed by atoms with van der Waals surface area (Å²) in [6.07, 6.45) is 0.675. The van der Waals surface area contributed by atoms with Crippen LogP contribution in [-0.4, -0.2) is 48.7 Å². The molecule has 0 bridgehead atoms. The van der Waals surface area contributed by atoms with Crippen LogP contribution in [0.25, 0.3) is 0 Å². The van der Waals surface area contributed by atoms with Crippen LogP contribution < -0.4 is 0 Å². The van der Waals surface area contributed by atoms with Crippen molar-refractivity contribution in [2.75, 3.05) is 13.2 Å². The molecular weight excluding hydrogens is 236 g/mol. The Morgan fingerprint density at radius 2 is 1.94 bits per heavy atom. The number of hydrogen-bond donors (Lipinski definition) is 1. The smallest absolute Gasteiger partial charge is 0.306 e. The van der Waals surface area contributed by atoms with Gasteiger partial charge in [0, 0.05) is 6.42 Å². The summed E-state index contributed by atoms with van der Waals surface area (Å²) < 4.78 is 16.0. The molecule has 2 rings (SSSR count). The van der Waals surface area contributed by atoms with Crippen molar-refractivity contribution in [1.29, 1.82) is 0 Å². The number of hydrogen-bond acceptors (Lipinski definition) is 5. The van der Waals surface area contributed by atoms with Gasteiger partial charge >= 0.3 is 5.97 Å². The number of fused-ring (bicyclic) bond motifs is 1. The second kappa shape index (κ2) is 7.71. The first-order valence-corrected chi connectivity index (χ1v) is 6.83. The summed E-state index contributed by atoms with van der Waals surface area (Å²) in [5, 5.41) is 9.50. The van der Waals surface area contributed by atoms with E-state index in [1.165, 1.54) is 0 Å². The van der Waals surface area contributed by atoms with E-state index in [-0.39, 0.29) is 30.9 Å². The molecule has 1 N–H and O–H groups in total. The summed E-state index contributed by atoms with van der Waals surface area (Å²) in [4.78, 5) is 11.4. The molecule has 5 nitrogen and oxygen atoms in total. The molecule has 18 heavy (non-hydrogen) atoms. The number of rotatable bonds is 4. The Labute approximate surface area is 108 Å². The second-order valence-electron chi connectivity index (χ2n) is 4.30. The minimum Gasteiger partial charge on any atom is -0.457 e. The van der Waals surface area contributed by atoms with Gasteiger partial charge in [0.25, 0.3) is 0 Å². The van der Waals surface area contributed by atoms with E-state index in [0.29, 0.717) is 13.0 Å². The standard InChI is InChI=1S/C11H18O5.C2H6/c1-2-3-4-9(13)16-8-6-15-10-7(12)5-14-11(8)10;1-2/h7-8,10-12H,2-6H2,1H3;1-2H3. The topological polar surface area (TPSA) is 65.0 Å². The van der Waals surface area contributed by atoms with Crippen molar-refractivity contribution in [3.05, 3.63) is 0 Å². The second-order valence-corrected chi connectivity index (χ2v) is 4.30. The predicted molar refractivity (Wildman–Crippen MR) is 66.2 cm³/mol. The first-order chi connectivity index (χ1) is 8.72. The molecule has 4 atom stereocenters. The Kier molecular flexibility index (Phi) is 6.60. The van der Waals surface area contributed by atoms with E-state index in [4.69, 9.17) is 14.2 Å². The third-order valence-corrected chi connectivity index (χ3v) is 3.00. The maximum absolute atomic E-state index is 11.4.